The zero-order valence-electron chi connectivity index (χ0n) is 15.2. The van der Waals surface area contributed by atoms with Crippen LogP contribution in [0.25, 0.3) is 6.08 Å². The molecule has 0 bridgehead atoms. The Morgan fingerprint density at radius 2 is 1.78 bits per heavy atom. The van der Waals surface area contributed by atoms with Gasteiger partial charge in [-0.3, -0.25) is 9.69 Å². The van der Waals surface area contributed by atoms with Gasteiger partial charge in [-0.15, -0.1) is 0 Å². The Morgan fingerprint density at radius 3 is 2.41 bits per heavy atom. The van der Waals surface area contributed by atoms with Crippen molar-refractivity contribution in [2.75, 3.05) is 0 Å². The minimum atomic E-state index is -0.411. The van der Waals surface area contributed by atoms with Gasteiger partial charge >= 0.3 is 6.03 Å². The molecule has 5 nitrogen and oxygen atoms in total. The summed E-state index contributed by atoms with van der Waals surface area (Å²) < 4.78 is 6.70. The van der Waals surface area contributed by atoms with Gasteiger partial charge in [0, 0.05) is 4.47 Å². The van der Waals surface area contributed by atoms with Crippen molar-refractivity contribution in [1.29, 1.82) is 0 Å². The Morgan fingerprint density at radius 1 is 1.11 bits per heavy atom. The summed E-state index contributed by atoms with van der Waals surface area (Å²) in [7, 11) is 0. The van der Waals surface area contributed by atoms with E-state index in [9.17, 15) is 9.59 Å². The van der Waals surface area contributed by atoms with Gasteiger partial charge in [-0.1, -0.05) is 47.1 Å². The second-order valence-electron chi connectivity index (χ2n) is 6.41. The Labute approximate surface area is 167 Å². The lowest BCUT2D eigenvalue weighted by Crippen LogP contribution is -2.30. The second-order valence-corrected chi connectivity index (χ2v) is 7.33. The van der Waals surface area contributed by atoms with E-state index >= 15 is 0 Å². The molecule has 0 radical (unpaired) electrons. The van der Waals surface area contributed by atoms with Gasteiger partial charge in [0.25, 0.3) is 5.91 Å². The fraction of sp³-hybridized carbons (Fsp3) is 0.238. The number of carbonyl (C=O) groups is 2. The predicted molar refractivity (Wildman–Crippen MR) is 108 cm³/mol. The van der Waals surface area contributed by atoms with Crippen LogP contribution in [0, 0.1) is 0 Å². The summed E-state index contributed by atoms with van der Waals surface area (Å²) in [5, 5.41) is 2.65. The number of amides is 3. The van der Waals surface area contributed by atoms with Crippen molar-refractivity contribution in [1.82, 2.24) is 10.2 Å². The van der Waals surface area contributed by atoms with Crippen LogP contribution in [0.1, 0.15) is 31.4 Å². The highest BCUT2D eigenvalue weighted by Gasteiger charge is 2.33. The van der Waals surface area contributed by atoms with Crippen molar-refractivity contribution in [3.05, 3.63) is 69.8 Å². The number of hydrogen-bond acceptors (Lipinski definition) is 3. The first-order valence-electron chi connectivity index (χ1n) is 8.82. The minimum Gasteiger partial charge on any atom is -0.491 e. The summed E-state index contributed by atoms with van der Waals surface area (Å²) >= 11 is 3.37. The number of ether oxygens (including phenoxy) is 1. The van der Waals surface area contributed by atoms with E-state index < -0.39 is 6.03 Å². The lowest BCUT2D eigenvalue weighted by atomic mass is 10.1. The number of benzene rings is 2. The molecule has 1 saturated heterocycles. The number of halogens is 1. The highest BCUT2D eigenvalue weighted by atomic mass is 79.9. The van der Waals surface area contributed by atoms with Gasteiger partial charge in [-0.2, -0.15) is 0 Å². The van der Waals surface area contributed by atoms with Crippen molar-refractivity contribution >= 4 is 33.9 Å². The zero-order valence-corrected chi connectivity index (χ0v) is 16.8. The van der Waals surface area contributed by atoms with Gasteiger partial charge in [0.2, 0.25) is 0 Å². The first-order valence-corrected chi connectivity index (χ1v) is 9.61. The van der Waals surface area contributed by atoms with E-state index in [2.05, 4.69) is 28.2 Å². The third-order valence-electron chi connectivity index (χ3n) is 4.32. The molecule has 0 aliphatic carbocycles. The van der Waals surface area contributed by atoms with Crippen LogP contribution >= 0.6 is 15.9 Å². The van der Waals surface area contributed by atoms with Gasteiger partial charge in [0.15, 0.2) is 0 Å². The van der Waals surface area contributed by atoms with Crippen molar-refractivity contribution in [3.63, 3.8) is 0 Å². The van der Waals surface area contributed by atoms with Crippen LogP contribution in [-0.2, 0) is 11.3 Å². The lowest BCUT2D eigenvalue weighted by molar-refractivity contribution is -0.123. The number of urea groups is 1. The molecule has 1 heterocycles. The maximum absolute atomic E-state index is 12.6. The molecule has 1 aliphatic rings. The number of nitrogens with zero attached hydrogens (tertiary/aromatic N) is 1. The van der Waals surface area contributed by atoms with Crippen LogP contribution in [-0.4, -0.2) is 22.9 Å². The number of nitrogens with one attached hydrogen (secondary N) is 1. The SMILES string of the molecule is CC[C@H](C)Oc1ccc(/C=C2/NC(=O)N(Cc3ccc(Br)cc3)C2=O)cc1. The fourth-order valence-corrected chi connectivity index (χ4v) is 2.88. The Balaban J connectivity index is 1.71. The summed E-state index contributed by atoms with van der Waals surface area (Å²) in [6.45, 7) is 4.32. The average Bonchev–Trinajstić information content (AvgIpc) is 2.92. The zero-order chi connectivity index (χ0) is 19.4. The number of imide groups is 1. The summed E-state index contributed by atoms with van der Waals surface area (Å²) in [5.74, 6) is 0.452. The smallest absolute Gasteiger partial charge is 0.329 e. The van der Waals surface area contributed by atoms with Crippen molar-refractivity contribution < 1.29 is 14.3 Å². The number of rotatable bonds is 6. The molecule has 1 fully saturated rings. The number of carbonyl (C=O) groups excluding carboxylic acids is 2. The molecule has 3 rings (SSSR count). The van der Waals surface area contributed by atoms with Gasteiger partial charge in [-0.25, -0.2) is 4.79 Å². The standard InChI is InChI=1S/C21H21BrN2O3/c1-3-14(2)27-18-10-6-15(7-11-18)12-19-20(25)24(21(26)23-19)13-16-4-8-17(22)9-5-16/h4-12,14H,3,13H2,1-2H3,(H,23,26)/b19-12+/t14-/m0/s1. The largest absolute Gasteiger partial charge is 0.491 e. The molecule has 3 amide bonds. The summed E-state index contributed by atoms with van der Waals surface area (Å²) in [6.07, 6.45) is 2.76. The Hall–Kier alpha value is -2.60. The molecule has 2 aromatic carbocycles. The highest BCUT2D eigenvalue weighted by Crippen LogP contribution is 2.20. The molecular weight excluding hydrogens is 408 g/mol. The van der Waals surface area contributed by atoms with Gasteiger partial charge in [0.1, 0.15) is 11.4 Å². The Bertz CT molecular complexity index is 860. The summed E-state index contributed by atoms with van der Waals surface area (Å²) in [5.41, 5.74) is 1.97. The van der Waals surface area contributed by atoms with E-state index in [1.54, 1.807) is 6.08 Å². The molecule has 140 valence electrons. The Kier molecular flexibility index (Phi) is 5.96. The molecule has 2 aromatic rings. The van der Waals surface area contributed by atoms with E-state index in [1.165, 1.54) is 4.90 Å². The van der Waals surface area contributed by atoms with Gasteiger partial charge in [-0.05, 0) is 54.8 Å². The minimum absolute atomic E-state index is 0.150. The topological polar surface area (TPSA) is 58.6 Å². The summed E-state index contributed by atoms with van der Waals surface area (Å²) in [4.78, 5) is 26.0. The molecule has 1 atom stereocenters. The normalized spacial score (nSPS) is 16.6. The first-order chi connectivity index (χ1) is 13.0. The van der Waals surface area contributed by atoms with Crippen LogP contribution in [0.3, 0.4) is 0 Å². The molecule has 0 aromatic heterocycles. The number of hydrogen-bond donors (Lipinski definition) is 1. The van der Waals surface area contributed by atoms with Crippen LogP contribution in [0.15, 0.2) is 58.7 Å². The van der Waals surface area contributed by atoms with Crippen LogP contribution < -0.4 is 10.1 Å². The van der Waals surface area contributed by atoms with E-state index in [-0.39, 0.29) is 24.3 Å². The van der Waals surface area contributed by atoms with Crippen molar-refractivity contribution in [3.8, 4) is 5.75 Å². The van der Waals surface area contributed by atoms with Crippen molar-refractivity contribution in [2.45, 2.75) is 32.9 Å². The maximum Gasteiger partial charge on any atom is 0.329 e. The maximum atomic E-state index is 12.6. The molecule has 0 saturated carbocycles. The molecular formula is C21H21BrN2O3. The monoisotopic (exact) mass is 428 g/mol. The van der Waals surface area contributed by atoms with Crippen LogP contribution in [0.5, 0.6) is 5.75 Å². The molecule has 0 unspecified atom stereocenters. The van der Waals surface area contributed by atoms with Gasteiger partial charge < -0.3 is 10.1 Å². The summed E-state index contributed by atoms with van der Waals surface area (Å²) in [6, 6.07) is 14.6. The van der Waals surface area contributed by atoms with E-state index in [1.807, 2.05) is 55.5 Å². The molecule has 27 heavy (non-hydrogen) atoms. The quantitative estimate of drug-likeness (QED) is 0.534. The van der Waals surface area contributed by atoms with E-state index in [0.29, 0.717) is 0 Å². The molecule has 6 heteroatoms. The van der Waals surface area contributed by atoms with E-state index in [0.717, 1.165) is 27.8 Å². The molecule has 1 aliphatic heterocycles. The van der Waals surface area contributed by atoms with Crippen molar-refractivity contribution in [2.24, 2.45) is 0 Å². The first kappa shape index (κ1) is 19.2. The highest BCUT2D eigenvalue weighted by molar-refractivity contribution is 9.10. The van der Waals surface area contributed by atoms with Crippen LogP contribution in [0.4, 0.5) is 4.79 Å². The predicted octanol–water partition coefficient (Wildman–Crippen LogP) is 4.72. The average molecular weight is 429 g/mol. The molecule has 0 spiro atoms. The second kappa shape index (κ2) is 8.39. The fourth-order valence-electron chi connectivity index (χ4n) is 2.61. The van der Waals surface area contributed by atoms with Crippen LogP contribution in [0.2, 0.25) is 0 Å². The van der Waals surface area contributed by atoms with E-state index in [4.69, 9.17) is 4.74 Å². The third kappa shape index (κ3) is 4.77. The lowest BCUT2D eigenvalue weighted by Gasteiger charge is -2.12. The van der Waals surface area contributed by atoms with Gasteiger partial charge in [0.05, 0.1) is 12.6 Å². The molecule has 1 N–H and O–H groups in total. The third-order valence-corrected chi connectivity index (χ3v) is 4.85.